The standard InChI is InChI=1S/C24H31NO/c1-22-9-8-20-17(12-21(26)24-13-16(24)7-10-23(20,24)2)19(22)6-5-18(22)15-4-3-11-25-14-15/h3-5,11,14,16-17,19-21,26H,6-10,12-13H2,1-2H3. The molecule has 0 aromatic carbocycles. The largest absolute Gasteiger partial charge is 0.393 e. The Hall–Kier alpha value is -1.15. The summed E-state index contributed by atoms with van der Waals surface area (Å²) in [6.07, 6.45) is 15.4. The van der Waals surface area contributed by atoms with Gasteiger partial charge in [-0.3, -0.25) is 4.98 Å². The van der Waals surface area contributed by atoms with Crippen LogP contribution in [0.1, 0.15) is 64.4 Å². The van der Waals surface area contributed by atoms with Crippen LogP contribution in [0.25, 0.3) is 5.57 Å². The number of pyridine rings is 1. The van der Waals surface area contributed by atoms with Gasteiger partial charge in [-0.25, -0.2) is 0 Å². The van der Waals surface area contributed by atoms with Gasteiger partial charge in [0.15, 0.2) is 0 Å². The first kappa shape index (κ1) is 15.9. The van der Waals surface area contributed by atoms with E-state index in [4.69, 9.17) is 0 Å². The summed E-state index contributed by atoms with van der Waals surface area (Å²) in [7, 11) is 0. The van der Waals surface area contributed by atoms with E-state index in [1.165, 1.54) is 49.7 Å². The van der Waals surface area contributed by atoms with Crippen molar-refractivity contribution in [3.8, 4) is 0 Å². The summed E-state index contributed by atoms with van der Waals surface area (Å²) < 4.78 is 0. The fourth-order valence-corrected chi connectivity index (χ4v) is 8.85. The van der Waals surface area contributed by atoms with Crippen LogP contribution in [0.15, 0.2) is 30.6 Å². The molecule has 4 saturated carbocycles. The maximum atomic E-state index is 11.2. The molecule has 1 spiro atoms. The van der Waals surface area contributed by atoms with Gasteiger partial charge in [-0.05, 0) is 96.7 Å². The Morgan fingerprint density at radius 1 is 1.15 bits per heavy atom. The first-order valence-electron chi connectivity index (χ1n) is 10.8. The van der Waals surface area contributed by atoms with Gasteiger partial charge in [0.25, 0.3) is 0 Å². The molecule has 0 radical (unpaired) electrons. The van der Waals surface area contributed by atoms with Crippen molar-refractivity contribution in [2.45, 2.75) is 64.9 Å². The maximum Gasteiger partial charge on any atom is 0.0607 e. The van der Waals surface area contributed by atoms with Crippen molar-refractivity contribution in [3.63, 3.8) is 0 Å². The lowest BCUT2D eigenvalue weighted by Gasteiger charge is -2.60. The van der Waals surface area contributed by atoms with Crippen LogP contribution in [0.2, 0.25) is 0 Å². The van der Waals surface area contributed by atoms with Crippen molar-refractivity contribution in [1.82, 2.24) is 4.98 Å². The van der Waals surface area contributed by atoms with Crippen molar-refractivity contribution >= 4 is 5.57 Å². The van der Waals surface area contributed by atoms with E-state index in [1.54, 1.807) is 0 Å². The SMILES string of the molecule is CC12CCC3C(CC(O)C45CC4CCC35C)C1CC=C2c1cccnc1. The third kappa shape index (κ3) is 1.63. The van der Waals surface area contributed by atoms with Gasteiger partial charge in [-0.1, -0.05) is 26.0 Å². The highest BCUT2D eigenvalue weighted by Gasteiger charge is 2.76. The molecule has 5 aliphatic rings. The van der Waals surface area contributed by atoms with E-state index in [9.17, 15) is 5.11 Å². The molecule has 4 fully saturated rings. The molecule has 2 heteroatoms. The summed E-state index contributed by atoms with van der Waals surface area (Å²) >= 11 is 0. The molecule has 0 amide bonds. The minimum absolute atomic E-state index is 0.0500. The molecular weight excluding hydrogens is 318 g/mol. The molecule has 2 nitrogen and oxygen atoms in total. The Morgan fingerprint density at radius 3 is 2.81 bits per heavy atom. The van der Waals surface area contributed by atoms with Gasteiger partial charge < -0.3 is 5.11 Å². The topological polar surface area (TPSA) is 33.1 Å². The first-order chi connectivity index (χ1) is 12.5. The van der Waals surface area contributed by atoms with Gasteiger partial charge in [0.05, 0.1) is 6.10 Å². The Morgan fingerprint density at radius 2 is 2.04 bits per heavy atom. The third-order valence-electron chi connectivity index (χ3n) is 10.1. The number of rotatable bonds is 1. The Labute approximate surface area is 157 Å². The second-order valence-electron chi connectivity index (χ2n) is 10.6. The fourth-order valence-electron chi connectivity index (χ4n) is 8.85. The molecular formula is C24H31NO. The summed E-state index contributed by atoms with van der Waals surface area (Å²) in [6.45, 7) is 5.07. The van der Waals surface area contributed by atoms with Crippen LogP contribution in [0, 0.1) is 39.9 Å². The number of aliphatic hydroxyl groups excluding tert-OH is 1. The van der Waals surface area contributed by atoms with Crippen molar-refractivity contribution in [2.75, 3.05) is 0 Å². The monoisotopic (exact) mass is 349 g/mol. The predicted molar refractivity (Wildman–Crippen MR) is 103 cm³/mol. The summed E-state index contributed by atoms with van der Waals surface area (Å²) in [6, 6.07) is 4.30. The van der Waals surface area contributed by atoms with Crippen LogP contribution in [0.3, 0.4) is 0 Å². The van der Waals surface area contributed by atoms with Crippen LogP contribution >= 0.6 is 0 Å². The maximum absolute atomic E-state index is 11.2. The van der Waals surface area contributed by atoms with Crippen LogP contribution < -0.4 is 0 Å². The van der Waals surface area contributed by atoms with Crippen LogP contribution in [-0.2, 0) is 0 Å². The van der Waals surface area contributed by atoms with Crippen molar-refractivity contribution in [3.05, 3.63) is 36.2 Å². The Kier molecular flexibility index (Phi) is 2.94. The molecule has 8 unspecified atom stereocenters. The second-order valence-corrected chi connectivity index (χ2v) is 10.6. The van der Waals surface area contributed by atoms with Crippen molar-refractivity contribution in [1.29, 1.82) is 0 Å². The highest BCUT2D eigenvalue weighted by atomic mass is 16.3. The molecule has 6 rings (SSSR count). The van der Waals surface area contributed by atoms with Crippen LogP contribution in [0.5, 0.6) is 0 Å². The smallest absolute Gasteiger partial charge is 0.0607 e. The molecule has 26 heavy (non-hydrogen) atoms. The first-order valence-corrected chi connectivity index (χ1v) is 10.8. The third-order valence-corrected chi connectivity index (χ3v) is 10.1. The molecule has 138 valence electrons. The summed E-state index contributed by atoms with van der Waals surface area (Å²) in [5.41, 5.74) is 3.83. The molecule has 1 aromatic heterocycles. The van der Waals surface area contributed by atoms with Gasteiger partial charge in [0, 0.05) is 17.8 Å². The summed E-state index contributed by atoms with van der Waals surface area (Å²) in [5, 5.41) is 11.2. The average Bonchev–Trinajstić information content (AvgIpc) is 3.17. The normalized spacial score (nSPS) is 54.0. The minimum atomic E-state index is -0.0500. The lowest BCUT2D eigenvalue weighted by atomic mass is 9.45. The zero-order chi connectivity index (χ0) is 17.7. The highest BCUT2D eigenvalue weighted by molar-refractivity contribution is 5.72. The Bertz CT molecular complexity index is 787. The van der Waals surface area contributed by atoms with Crippen molar-refractivity contribution in [2.24, 2.45) is 39.9 Å². The quantitative estimate of drug-likeness (QED) is 0.766. The predicted octanol–water partition coefficient (Wildman–Crippen LogP) is 5.09. The van der Waals surface area contributed by atoms with Gasteiger partial charge in [0.2, 0.25) is 0 Å². The Balaban J connectivity index is 1.37. The van der Waals surface area contributed by atoms with E-state index in [0.29, 0.717) is 22.7 Å². The van der Waals surface area contributed by atoms with Crippen LogP contribution in [0.4, 0.5) is 0 Å². The summed E-state index contributed by atoms with van der Waals surface area (Å²) in [4.78, 5) is 4.38. The number of hydrogen-bond acceptors (Lipinski definition) is 2. The second kappa shape index (κ2) is 4.82. The van der Waals surface area contributed by atoms with E-state index in [-0.39, 0.29) is 11.5 Å². The zero-order valence-electron chi connectivity index (χ0n) is 16.1. The van der Waals surface area contributed by atoms with Gasteiger partial charge in [-0.2, -0.15) is 0 Å². The lowest BCUT2D eigenvalue weighted by molar-refractivity contribution is -0.140. The molecule has 1 heterocycles. The number of aromatic nitrogens is 1. The molecule has 1 aromatic rings. The summed E-state index contributed by atoms with van der Waals surface area (Å²) in [5.74, 6) is 3.07. The molecule has 0 bridgehead atoms. The molecule has 0 saturated heterocycles. The zero-order valence-corrected chi connectivity index (χ0v) is 16.1. The van der Waals surface area contributed by atoms with E-state index in [1.807, 2.05) is 12.4 Å². The van der Waals surface area contributed by atoms with E-state index < -0.39 is 0 Å². The molecule has 8 atom stereocenters. The van der Waals surface area contributed by atoms with Gasteiger partial charge in [0.1, 0.15) is 0 Å². The number of aliphatic hydroxyl groups is 1. The van der Waals surface area contributed by atoms with Crippen LogP contribution in [-0.4, -0.2) is 16.2 Å². The molecule has 0 aliphatic heterocycles. The van der Waals surface area contributed by atoms with Crippen molar-refractivity contribution < 1.29 is 5.11 Å². The highest BCUT2D eigenvalue weighted by Crippen LogP contribution is 2.81. The van der Waals surface area contributed by atoms with Gasteiger partial charge in [-0.15, -0.1) is 0 Å². The minimum Gasteiger partial charge on any atom is -0.393 e. The van der Waals surface area contributed by atoms with E-state index in [2.05, 4.69) is 37.0 Å². The molecule has 5 aliphatic carbocycles. The van der Waals surface area contributed by atoms with E-state index >= 15 is 0 Å². The molecule has 1 N–H and O–H groups in total. The number of hydrogen-bond donors (Lipinski definition) is 1. The fraction of sp³-hybridized carbons (Fsp3) is 0.708. The lowest BCUT2D eigenvalue weighted by Crippen LogP contribution is -2.56. The number of fused-ring (bicyclic) bond motifs is 4. The van der Waals surface area contributed by atoms with Gasteiger partial charge >= 0.3 is 0 Å². The van der Waals surface area contributed by atoms with E-state index in [0.717, 1.165) is 18.3 Å². The number of allylic oxidation sites excluding steroid dienone is 2. The number of nitrogens with zero attached hydrogens (tertiary/aromatic N) is 1. The average molecular weight is 350 g/mol.